The smallest absolute Gasteiger partial charge is 0.475 e. The predicted octanol–water partition coefficient (Wildman–Crippen LogP) is 4.51. The molecule has 38 heavy (non-hydrogen) atoms. The average molecular weight is 527 g/mol. The SMILES string of the molecule is COC(=O)c1ccc(CNc2ncc(C)c(C(C#N)=C3Nc4ccccc4O3)n2)cc1.O=C(O)C(F)(F)F. The number of carbonyl (C=O) groups is 2. The Hall–Kier alpha value is -5.12. The fourth-order valence-electron chi connectivity index (χ4n) is 3.08. The lowest BCUT2D eigenvalue weighted by Crippen LogP contribution is -2.21. The summed E-state index contributed by atoms with van der Waals surface area (Å²) >= 11 is 0. The molecule has 0 bridgehead atoms. The monoisotopic (exact) mass is 527 g/mol. The minimum Gasteiger partial charge on any atom is -0.475 e. The quantitative estimate of drug-likeness (QED) is 0.320. The molecule has 0 aliphatic carbocycles. The van der Waals surface area contributed by atoms with Gasteiger partial charge in [0.2, 0.25) is 11.8 Å². The summed E-state index contributed by atoms with van der Waals surface area (Å²) in [7, 11) is 1.35. The van der Waals surface area contributed by atoms with Crippen LogP contribution in [0.15, 0.2) is 60.6 Å². The van der Waals surface area contributed by atoms with Crippen LogP contribution in [0.3, 0.4) is 0 Å². The molecule has 1 aliphatic rings. The molecule has 3 aromatic rings. The van der Waals surface area contributed by atoms with Crippen molar-refractivity contribution in [1.29, 1.82) is 5.26 Å². The van der Waals surface area contributed by atoms with Crippen LogP contribution in [-0.4, -0.2) is 40.3 Å². The molecule has 1 aromatic heterocycles. The summed E-state index contributed by atoms with van der Waals surface area (Å²) in [5.41, 5.74) is 3.74. The first-order chi connectivity index (χ1) is 18.0. The number of carboxylic acid groups (broad SMARTS) is 1. The van der Waals surface area contributed by atoms with Crippen LogP contribution < -0.4 is 15.4 Å². The molecule has 0 spiro atoms. The number of aliphatic carboxylic acids is 1. The second-order valence-corrected chi connectivity index (χ2v) is 7.61. The molecule has 3 N–H and O–H groups in total. The number of fused-ring (bicyclic) bond motifs is 1. The molecular formula is C25H20F3N5O5. The lowest BCUT2D eigenvalue weighted by molar-refractivity contribution is -0.192. The van der Waals surface area contributed by atoms with Crippen molar-refractivity contribution in [2.75, 3.05) is 17.7 Å². The fraction of sp³-hybridized carbons (Fsp3) is 0.160. The van der Waals surface area contributed by atoms with Gasteiger partial charge in [0.1, 0.15) is 11.6 Å². The summed E-state index contributed by atoms with van der Waals surface area (Å²) in [4.78, 5) is 29.3. The number of rotatable bonds is 5. The van der Waals surface area contributed by atoms with Gasteiger partial charge in [0, 0.05) is 12.7 Å². The van der Waals surface area contributed by atoms with Crippen LogP contribution in [0.1, 0.15) is 27.2 Å². The Morgan fingerprint density at radius 3 is 2.42 bits per heavy atom. The number of alkyl halides is 3. The Labute approximate surface area is 214 Å². The maximum atomic E-state index is 11.5. The molecule has 0 atom stereocenters. The Morgan fingerprint density at radius 2 is 1.84 bits per heavy atom. The van der Waals surface area contributed by atoms with Crippen LogP contribution in [0.25, 0.3) is 5.57 Å². The van der Waals surface area contributed by atoms with Crippen molar-refractivity contribution in [2.24, 2.45) is 0 Å². The number of aryl methyl sites for hydroxylation is 1. The van der Waals surface area contributed by atoms with Crippen molar-refractivity contribution in [2.45, 2.75) is 19.6 Å². The second kappa shape index (κ2) is 11.7. The highest BCUT2D eigenvalue weighted by atomic mass is 19.4. The zero-order chi connectivity index (χ0) is 27.9. The number of methoxy groups -OCH3 is 1. The molecule has 196 valence electrons. The summed E-state index contributed by atoms with van der Waals surface area (Å²) in [6, 6.07) is 16.7. The largest absolute Gasteiger partial charge is 0.490 e. The standard InChI is InChI=1S/C23H19N5O3.C2HF3O2/c1-14-12-25-23(26-13-15-7-9-16(10-8-15)22(29)30-2)28-20(14)17(11-24)21-27-18-5-3-4-6-19(18)31-21;3-2(4,5)1(6)7/h3-10,12,27H,13H2,1-2H3,(H,25,26,28);(H,6,7). The lowest BCUT2D eigenvalue weighted by Gasteiger charge is -2.10. The van der Waals surface area contributed by atoms with E-state index < -0.39 is 12.1 Å². The Morgan fingerprint density at radius 1 is 1.18 bits per heavy atom. The molecule has 0 unspecified atom stereocenters. The van der Waals surface area contributed by atoms with Gasteiger partial charge in [0.15, 0.2) is 5.75 Å². The molecule has 2 aromatic carbocycles. The zero-order valence-corrected chi connectivity index (χ0v) is 20.0. The maximum Gasteiger partial charge on any atom is 0.490 e. The maximum absolute atomic E-state index is 11.5. The van der Waals surface area contributed by atoms with E-state index in [1.54, 1.807) is 18.3 Å². The number of hydrogen-bond donors (Lipinski definition) is 3. The number of ether oxygens (including phenoxy) is 2. The number of hydrogen-bond acceptors (Lipinski definition) is 9. The van der Waals surface area contributed by atoms with E-state index in [0.29, 0.717) is 41.0 Å². The molecular weight excluding hydrogens is 507 g/mol. The highest BCUT2D eigenvalue weighted by Gasteiger charge is 2.38. The van der Waals surface area contributed by atoms with Gasteiger partial charge in [-0.05, 0) is 42.3 Å². The van der Waals surface area contributed by atoms with E-state index in [9.17, 15) is 23.2 Å². The van der Waals surface area contributed by atoms with Crippen molar-refractivity contribution >= 4 is 29.1 Å². The van der Waals surface area contributed by atoms with Gasteiger partial charge in [-0.2, -0.15) is 18.4 Å². The molecule has 1 aliphatic heterocycles. The highest BCUT2D eigenvalue weighted by Crippen LogP contribution is 2.35. The van der Waals surface area contributed by atoms with Crippen molar-refractivity contribution in [3.05, 3.63) is 83.0 Å². The molecule has 0 fully saturated rings. The number of esters is 1. The van der Waals surface area contributed by atoms with Gasteiger partial charge in [-0.1, -0.05) is 24.3 Å². The molecule has 0 saturated heterocycles. The highest BCUT2D eigenvalue weighted by molar-refractivity contribution is 5.89. The lowest BCUT2D eigenvalue weighted by atomic mass is 10.1. The van der Waals surface area contributed by atoms with Crippen molar-refractivity contribution < 1.29 is 37.3 Å². The number of aromatic nitrogens is 2. The summed E-state index contributed by atoms with van der Waals surface area (Å²) in [5.74, 6) is -1.76. The van der Waals surface area contributed by atoms with Crippen LogP contribution in [-0.2, 0) is 16.1 Å². The topological polar surface area (TPSA) is 146 Å². The fourth-order valence-corrected chi connectivity index (χ4v) is 3.08. The number of halogens is 3. The van der Waals surface area contributed by atoms with Gasteiger partial charge < -0.3 is 25.2 Å². The number of nitrogens with zero attached hydrogens (tertiary/aromatic N) is 3. The van der Waals surface area contributed by atoms with E-state index in [2.05, 4.69) is 26.7 Å². The minimum absolute atomic E-state index is 0.293. The van der Waals surface area contributed by atoms with Gasteiger partial charge >= 0.3 is 18.1 Å². The molecule has 10 nitrogen and oxygen atoms in total. The third-order valence-corrected chi connectivity index (χ3v) is 4.96. The number of nitriles is 1. The molecule has 0 radical (unpaired) electrons. The average Bonchev–Trinajstić information content (AvgIpc) is 3.33. The number of anilines is 2. The van der Waals surface area contributed by atoms with E-state index >= 15 is 0 Å². The molecule has 0 amide bonds. The van der Waals surface area contributed by atoms with Gasteiger partial charge in [-0.3, -0.25) is 0 Å². The molecule has 2 heterocycles. The first-order valence-electron chi connectivity index (χ1n) is 10.8. The van der Waals surface area contributed by atoms with Gasteiger partial charge in [0.25, 0.3) is 0 Å². The summed E-state index contributed by atoms with van der Waals surface area (Å²) in [6.07, 6.45) is -3.43. The number of carbonyl (C=O) groups excluding carboxylic acids is 1. The number of allylic oxidation sites excluding steroid dienone is 1. The number of carboxylic acids is 1. The third-order valence-electron chi connectivity index (χ3n) is 4.96. The van der Waals surface area contributed by atoms with Crippen molar-refractivity contribution in [3.63, 3.8) is 0 Å². The summed E-state index contributed by atoms with van der Waals surface area (Å²) in [5, 5.41) is 23.2. The number of para-hydroxylation sites is 2. The van der Waals surface area contributed by atoms with E-state index in [4.69, 9.17) is 19.4 Å². The first-order valence-corrected chi connectivity index (χ1v) is 10.8. The van der Waals surface area contributed by atoms with Gasteiger partial charge in [-0.15, -0.1) is 0 Å². The third kappa shape index (κ3) is 6.76. The molecule has 4 rings (SSSR count). The molecule has 0 saturated carbocycles. The van der Waals surface area contributed by atoms with Crippen LogP contribution >= 0.6 is 0 Å². The summed E-state index contributed by atoms with van der Waals surface area (Å²) in [6.45, 7) is 2.28. The number of benzene rings is 2. The Kier molecular flexibility index (Phi) is 8.49. The second-order valence-electron chi connectivity index (χ2n) is 7.61. The van der Waals surface area contributed by atoms with Crippen LogP contribution in [0, 0.1) is 18.3 Å². The predicted molar refractivity (Wildman–Crippen MR) is 129 cm³/mol. The van der Waals surface area contributed by atoms with Crippen molar-refractivity contribution in [3.8, 4) is 11.8 Å². The van der Waals surface area contributed by atoms with Crippen LogP contribution in [0.5, 0.6) is 5.75 Å². The first kappa shape index (κ1) is 27.5. The minimum atomic E-state index is -5.08. The molecule has 13 heteroatoms. The Bertz CT molecular complexity index is 1390. The van der Waals surface area contributed by atoms with E-state index in [-0.39, 0.29) is 5.97 Å². The normalized spacial score (nSPS) is 12.9. The van der Waals surface area contributed by atoms with Gasteiger partial charge in [-0.25, -0.2) is 19.6 Å². The summed E-state index contributed by atoms with van der Waals surface area (Å²) < 4.78 is 42.2. The van der Waals surface area contributed by atoms with E-state index in [1.807, 2.05) is 43.3 Å². The van der Waals surface area contributed by atoms with E-state index in [0.717, 1.165) is 16.8 Å². The Balaban J connectivity index is 0.000000505. The van der Waals surface area contributed by atoms with Crippen LogP contribution in [0.2, 0.25) is 0 Å². The van der Waals surface area contributed by atoms with Gasteiger partial charge in [0.05, 0.1) is 24.1 Å². The van der Waals surface area contributed by atoms with E-state index in [1.165, 1.54) is 7.11 Å². The number of nitrogens with one attached hydrogen (secondary N) is 2. The van der Waals surface area contributed by atoms with Crippen LogP contribution in [0.4, 0.5) is 24.8 Å². The zero-order valence-electron chi connectivity index (χ0n) is 20.0. The van der Waals surface area contributed by atoms with Crippen molar-refractivity contribution in [1.82, 2.24) is 9.97 Å².